The summed E-state index contributed by atoms with van der Waals surface area (Å²) in [6.45, 7) is -0.243. The SMILES string of the molecule is O=C(/C=C/c1ccc(Cl)cc1F)NC(CO)c1ccc2ccccc2c1. The lowest BCUT2D eigenvalue weighted by Crippen LogP contribution is -2.29. The van der Waals surface area contributed by atoms with Gasteiger partial charge in [-0.25, -0.2) is 4.39 Å². The molecule has 0 radical (unpaired) electrons. The average Bonchev–Trinajstić information content (AvgIpc) is 2.65. The number of nitrogens with one attached hydrogen (secondary N) is 1. The van der Waals surface area contributed by atoms with Crippen LogP contribution in [0.25, 0.3) is 16.8 Å². The quantitative estimate of drug-likeness (QED) is 0.651. The van der Waals surface area contributed by atoms with Gasteiger partial charge in [0.2, 0.25) is 5.91 Å². The predicted octanol–water partition coefficient (Wildman–Crippen LogP) is 4.50. The van der Waals surface area contributed by atoms with Crippen molar-refractivity contribution < 1.29 is 14.3 Å². The molecule has 0 aliphatic carbocycles. The van der Waals surface area contributed by atoms with E-state index in [1.165, 1.54) is 24.3 Å². The molecular formula is C21H17ClFNO2. The molecule has 0 saturated carbocycles. The third-order valence-electron chi connectivity index (χ3n) is 4.05. The Bertz CT molecular complexity index is 971. The van der Waals surface area contributed by atoms with E-state index in [2.05, 4.69) is 5.32 Å². The fourth-order valence-corrected chi connectivity index (χ4v) is 2.84. The lowest BCUT2D eigenvalue weighted by molar-refractivity contribution is -0.117. The number of hydrogen-bond acceptors (Lipinski definition) is 2. The highest BCUT2D eigenvalue weighted by Crippen LogP contribution is 2.20. The Balaban J connectivity index is 1.74. The summed E-state index contributed by atoms with van der Waals surface area (Å²) in [5.41, 5.74) is 1.06. The van der Waals surface area contributed by atoms with Gasteiger partial charge < -0.3 is 10.4 Å². The third-order valence-corrected chi connectivity index (χ3v) is 4.29. The third kappa shape index (κ3) is 4.28. The van der Waals surface area contributed by atoms with Crippen LogP contribution < -0.4 is 5.32 Å². The lowest BCUT2D eigenvalue weighted by Gasteiger charge is -2.16. The summed E-state index contributed by atoms with van der Waals surface area (Å²) >= 11 is 5.71. The lowest BCUT2D eigenvalue weighted by atomic mass is 10.0. The Kier molecular flexibility index (Phi) is 5.66. The molecule has 132 valence electrons. The largest absolute Gasteiger partial charge is 0.394 e. The monoisotopic (exact) mass is 369 g/mol. The van der Waals surface area contributed by atoms with Gasteiger partial charge in [-0.3, -0.25) is 4.79 Å². The van der Waals surface area contributed by atoms with Gasteiger partial charge in [0.05, 0.1) is 12.6 Å². The van der Waals surface area contributed by atoms with Gasteiger partial charge in [-0.2, -0.15) is 0 Å². The molecule has 26 heavy (non-hydrogen) atoms. The molecule has 0 fully saturated rings. The van der Waals surface area contributed by atoms with Gasteiger partial charge in [-0.1, -0.05) is 54.1 Å². The van der Waals surface area contributed by atoms with Crippen molar-refractivity contribution in [1.82, 2.24) is 5.32 Å². The summed E-state index contributed by atoms with van der Waals surface area (Å²) < 4.78 is 13.7. The van der Waals surface area contributed by atoms with Gasteiger partial charge >= 0.3 is 0 Å². The van der Waals surface area contributed by atoms with Gasteiger partial charge in [0.15, 0.2) is 0 Å². The average molecular weight is 370 g/mol. The zero-order valence-electron chi connectivity index (χ0n) is 13.8. The molecule has 0 bridgehead atoms. The standard InChI is InChI=1S/C21H17ClFNO2/c22-18-9-7-15(19(23)12-18)8-10-21(26)24-20(13-25)17-6-5-14-3-1-2-4-16(14)11-17/h1-12,20,25H,13H2,(H,24,26)/b10-8+. The van der Waals surface area contributed by atoms with Crippen molar-refractivity contribution in [2.24, 2.45) is 0 Å². The summed E-state index contributed by atoms with van der Waals surface area (Å²) in [5, 5.41) is 14.8. The fraction of sp³-hybridized carbons (Fsp3) is 0.0952. The number of carbonyl (C=O) groups excluding carboxylic acids is 1. The Morgan fingerprint density at radius 2 is 1.88 bits per heavy atom. The topological polar surface area (TPSA) is 49.3 Å². The van der Waals surface area contributed by atoms with Crippen LogP contribution in [0.15, 0.2) is 66.7 Å². The molecule has 3 nitrogen and oxygen atoms in total. The maximum Gasteiger partial charge on any atom is 0.244 e. The van der Waals surface area contributed by atoms with E-state index in [1.54, 1.807) is 6.07 Å². The summed E-state index contributed by atoms with van der Waals surface area (Å²) in [6.07, 6.45) is 2.60. The minimum Gasteiger partial charge on any atom is -0.394 e. The van der Waals surface area contributed by atoms with Gasteiger partial charge in [-0.15, -0.1) is 0 Å². The van der Waals surface area contributed by atoms with E-state index >= 15 is 0 Å². The zero-order valence-corrected chi connectivity index (χ0v) is 14.6. The maximum absolute atomic E-state index is 13.7. The molecule has 0 spiro atoms. The van der Waals surface area contributed by atoms with Gasteiger partial charge in [0, 0.05) is 16.7 Å². The maximum atomic E-state index is 13.7. The molecule has 3 rings (SSSR count). The number of benzene rings is 3. The van der Waals surface area contributed by atoms with E-state index < -0.39 is 17.8 Å². The predicted molar refractivity (Wildman–Crippen MR) is 102 cm³/mol. The molecule has 1 unspecified atom stereocenters. The second-order valence-corrected chi connectivity index (χ2v) is 6.29. The number of aliphatic hydroxyl groups excluding tert-OH is 1. The summed E-state index contributed by atoms with van der Waals surface area (Å²) in [6, 6.07) is 17.3. The second kappa shape index (κ2) is 8.13. The number of fused-ring (bicyclic) bond motifs is 1. The van der Waals surface area contributed by atoms with Crippen LogP contribution in [-0.2, 0) is 4.79 Å². The van der Waals surface area contributed by atoms with Gasteiger partial charge in [0.1, 0.15) is 5.82 Å². The Hall–Kier alpha value is -2.69. The summed E-state index contributed by atoms with van der Waals surface area (Å²) in [7, 11) is 0. The molecular weight excluding hydrogens is 353 g/mol. The van der Waals surface area contributed by atoms with Crippen molar-refractivity contribution in [1.29, 1.82) is 0 Å². The Labute approximate surface area is 155 Å². The minimum absolute atomic E-state index is 0.243. The first-order valence-electron chi connectivity index (χ1n) is 8.10. The molecule has 1 amide bonds. The summed E-state index contributed by atoms with van der Waals surface area (Å²) in [5.74, 6) is -0.929. The highest BCUT2D eigenvalue weighted by molar-refractivity contribution is 6.30. The smallest absolute Gasteiger partial charge is 0.244 e. The highest BCUT2D eigenvalue weighted by atomic mass is 35.5. The number of aliphatic hydroxyl groups is 1. The van der Waals surface area contributed by atoms with Crippen molar-refractivity contribution in [2.45, 2.75) is 6.04 Å². The van der Waals surface area contributed by atoms with Crippen LogP contribution in [0.2, 0.25) is 5.02 Å². The second-order valence-electron chi connectivity index (χ2n) is 5.85. The molecule has 0 aliphatic rings. The number of halogens is 2. The van der Waals surface area contributed by atoms with Crippen LogP contribution in [0.1, 0.15) is 17.2 Å². The molecule has 0 heterocycles. The first kappa shape index (κ1) is 18.1. The van der Waals surface area contributed by atoms with E-state index in [1.807, 2.05) is 42.5 Å². The Morgan fingerprint density at radius 3 is 2.62 bits per heavy atom. The molecule has 0 saturated heterocycles. The molecule has 2 N–H and O–H groups in total. The van der Waals surface area contributed by atoms with E-state index in [9.17, 15) is 14.3 Å². The number of carbonyl (C=O) groups is 1. The van der Waals surface area contributed by atoms with Crippen LogP contribution in [0.3, 0.4) is 0 Å². The normalized spacial score (nSPS) is 12.4. The van der Waals surface area contributed by atoms with E-state index in [0.29, 0.717) is 5.02 Å². The van der Waals surface area contributed by atoms with E-state index in [-0.39, 0.29) is 12.2 Å². The molecule has 3 aromatic rings. The van der Waals surface area contributed by atoms with Crippen LogP contribution in [-0.4, -0.2) is 17.6 Å². The van der Waals surface area contributed by atoms with Gasteiger partial charge in [-0.05, 0) is 40.6 Å². The Morgan fingerprint density at radius 1 is 1.12 bits per heavy atom. The zero-order chi connectivity index (χ0) is 18.5. The van der Waals surface area contributed by atoms with Crippen molar-refractivity contribution in [3.63, 3.8) is 0 Å². The number of rotatable bonds is 5. The van der Waals surface area contributed by atoms with Crippen LogP contribution in [0.5, 0.6) is 0 Å². The molecule has 1 atom stereocenters. The highest BCUT2D eigenvalue weighted by Gasteiger charge is 2.13. The molecule has 3 aromatic carbocycles. The van der Waals surface area contributed by atoms with Crippen molar-refractivity contribution in [3.05, 3.63) is 88.7 Å². The van der Waals surface area contributed by atoms with Crippen molar-refractivity contribution in [3.8, 4) is 0 Å². The van der Waals surface area contributed by atoms with Crippen molar-refractivity contribution >= 4 is 34.4 Å². The minimum atomic E-state index is -0.549. The summed E-state index contributed by atoms with van der Waals surface area (Å²) in [4.78, 5) is 12.1. The van der Waals surface area contributed by atoms with Crippen LogP contribution in [0.4, 0.5) is 4.39 Å². The number of hydrogen-bond donors (Lipinski definition) is 2. The first-order valence-corrected chi connectivity index (χ1v) is 8.48. The van der Waals surface area contributed by atoms with Crippen LogP contribution >= 0.6 is 11.6 Å². The van der Waals surface area contributed by atoms with E-state index in [0.717, 1.165) is 16.3 Å². The molecule has 5 heteroatoms. The van der Waals surface area contributed by atoms with Crippen molar-refractivity contribution in [2.75, 3.05) is 6.61 Å². The molecule has 0 aromatic heterocycles. The van der Waals surface area contributed by atoms with Crippen LogP contribution in [0, 0.1) is 5.82 Å². The molecule has 0 aliphatic heterocycles. The first-order chi connectivity index (χ1) is 12.6. The van der Waals surface area contributed by atoms with Gasteiger partial charge in [0.25, 0.3) is 0 Å². The fourth-order valence-electron chi connectivity index (χ4n) is 2.68. The number of amides is 1. The van der Waals surface area contributed by atoms with E-state index in [4.69, 9.17) is 11.6 Å².